The summed E-state index contributed by atoms with van der Waals surface area (Å²) in [4.78, 5) is 27.4. The molecule has 0 aromatic heterocycles. The van der Waals surface area contributed by atoms with Gasteiger partial charge in [0.1, 0.15) is 11.8 Å². The molecular weight excluding hydrogens is 459 g/mol. The molecule has 0 aliphatic heterocycles. The maximum absolute atomic E-state index is 13.2. The van der Waals surface area contributed by atoms with Crippen molar-refractivity contribution in [1.82, 2.24) is 10.2 Å². The van der Waals surface area contributed by atoms with Gasteiger partial charge in [-0.1, -0.05) is 75.5 Å². The summed E-state index contributed by atoms with van der Waals surface area (Å²) in [5.41, 5.74) is 1.80. The number of unbranched alkanes of at least 4 members (excludes halogenated alkanes) is 1. The highest BCUT2D eigenvalue weighted by Gasteiger charge is 2.27. The molecule has 2 amide bonds. The Morgan fingerprint density at radius 2 is 1.67 bits per heavy atom. The van der Waals surface area contributed by atoms with Crippen LogP contribution in [0.1, 0.15) is 58.6 Å². The second-order valence-electron chi connectivity index (χ2n) is 9.11. The van der Waals surface area contributed by atoms with Crippen LogP contribution in [0.25, 0.3) is 0 Å². The number of nitrogens with one attached hydrogen (secondary N) is 1. The van der Waals surface area contributed by atoms with Crippen molar-refractivity contribution in [1.29, 1.82) is 0 Å². The van der Waals surface area contributed by atoms with Gasteiger partial charge in [-0.2, -0.15) is 0 Å². The Morgan fingerprint density at radius 1 is 1.06 bits per heavy atom. The van der Waals surface area contributed by atoms with Crippen molar-refractivity contribution in [2.24, 2.45) is 0 Å². The summed E-state index contributed by atoms with van der Waals surface area (Å²) in [6.07, 6.45) is 1.84. The number of halogens is 2. The third-order valence-electron chi connectivity index (χ3n) is 5.47. The summed E-state index contributed by atoms with van der Waals surface area (Å²) in [6.45, 7) is 10.6. The van der Waals surface area contributed by atoms with Gasteiger partial charge in [-0.3, -0.25) is 9.59 Å². The molecule has 0 spiro atoms. The molecule has 2 aromatic carbocycles. The summed E-state index contributed by atoms with van der Waals surface area (Å²) in [5, 5.41) is 3.77. The summed E-state index contributed by atoms with van der Waals surface area (Å²) >= 11 is 12.7. The quantitative estimate of drug-likeness (QED) is 0.413. The van der Waals surface area contributed by atoms with E-state index < -0.39 is 6.04 Å². The Bertz CT molecular complexity index is 919. The fraction of sp³-hybridized carbons (Fsp3) is 0.462. The second kappa shape index (κ2) is 12.3. The van der Waals surface area contributed by atoms with E-state index in [4.69, 9.17) is 27.9 Å². The standard InChI is InChI=1S/C26H34Cl2N2O3/c1-6-7-15-29-25(32)18(2)30(16-21-22(27)9-8-10-23(21)28)24(31)17-33-20-13-11-19(12-14-20)26(3,4)5/h8-14,18H,6-7,15-17H2,1-5H3,(H,29,32). The summed E-state index contributed by atoms with van der Waals surface area (Å²) in [6, 6.07) is 12.1. The van der Waals surface area contributed by atoms with E-state index in [9.17, 15) is 9.59 Å². The minimum absolute atomic E-state index is 0.0277. The number of hydrogen-bond donors (Lipinski definition) is 1. The fourth-order valence-electron chi connectivity index (χ4n) is 3.25. The Labute approximate surface area is 207 Å². The van der Waals surface area contributed by atoms with Crippen molar-refractivity contribution in [3.05, 3.63) is 63.6 Å². The zero-order valence-corrected chi connectivity index (χ0v) is 21.6. The van der Waals surface area contributed by atoms with Crippen LogP contribution in [0.2, 0.25) is 10.0 Å². The van der Waals surface area contributed by atoms with Gasteiger partial charge in [0, 0.05) is 28.7 Å². The second-order valence-corrected chi connectivity index (χ2v) is 9.92. The highest BCUT2D eigenvalue weighted by molar-refractivity contribution is 6.36. The maximum atomic E-state index is 13.2. The van der Waals surface area contributed by atoms with E-state index in [1.807, 2.05) is 24.3 Å². The zero-order valence-electron chi connectivity index (χ0n) is 20.1. The lowest BCUT2D eigenvalue weighted by molar-refractivity contribution is -0.142. The first-order valence-corrected chi connectivity index (χ1v) is 12.0. The number of hydrogen-bond acceptors (Lipinski definition) is 3. The molecule has 0 heterocycles. The molecule has 1 unspecified atom stereocenters. The van der Waals surface area contributed by atoms with Gasteiger partial charge in [-0.05, 0) is 48.6 Å². The largest absolute Gasteiger partial charge is 0.484 e. The Kier molecular flexibility index (Phi) is 10.1. The molecule has 2 rings (SSSR count). The SMILES string of the molecule is CCCCNC(=O)C(C)N(Cc1c(Cl)cccc1Cl)C(=O)COc1ccc(C(C)(C)C)cc1. The molecule has 0 saturated carbocycles. The monoisotopic (exact) mass is 492 g/mol. The van der Waals surface area contributed by atoms with Crippen LogP contribution < -0.4 is 10.1 Å². The molecule has 5 nitrogen and oxygen atoms in total. The van der Waals surface area contributed by atoms with Crippen molar-refractivity contribution < 1.29 is 14.3 Å². The third-order valence-corrected chi connectivity index (χ3v) is 6.18. The minimum atomic E-state index is -0.714. The van der Waals surface area contributed by atoms with Gasteiger partial charge in [0.2, 0.25) is 5.91 Å². The van der Waals surface area contributed by atoms with Gasteiger partial charge >= 0.3 is 0 Å². The topological polar surface area (TPSA) is 58.6 Å². The third kappa shape index (κ3) is 7.94. The van der Waals surface area contributed by atoms with E-state index in [-0.39, 0.29) is 30.4 Å². The van der Waals surface area contributed by atoms with Crippen LogP contribution in [0.4, 0.5) is 0 Å². The fourth-order valence-corrected chi connectivity index (χ4v) is 3.77. The number of carbonyl (C=O) groups excluding carboxylic acids is 2. The first kappa shape index (κ1) is 27.0. The van der Waals surface area contributed by atoms with Crippen molar-refractivity contribution in [2.45, 2.75) is 65.5 Å². The van der Waals surface area contributed by atoms with Crippen molar-refractivity contribution in [3.8, 4) is 5.75 Å². The van der Waals surface area contributed by atoms with Crippen LogP contribution in [-0.4, -0.2) is 35.9 Å². The van der Waals surface area contributed by atoms with Crippen LogP contribution in [0.3, 0.4) is 0 Å². The van der Waals surface area contributed by atoms with E-state index in [2.05, 4.69) is 33.0 Å². The number of nitrogens with zero attached hydrogens (tertiary/aromatic N) is 1. The lowest BCUT2D eigenvalue weighted by Gasteiger charge is -2.29. The molecule has 0 radical (unpaired) electrons. The summed E-state index contributed by atoms with van der Waals surface area (Å²) in [5.74, 6) is 0.0330. The highest BCUT2D eigenvalue weighted by Crippen LogP contribution is 2.27. The van der Waals surface area contributed by atoms with Crippen molar-refractivity contribution >= 4 is 35.0 Å². The van der Waals surface area contributed by atoms with Crippen molar-refractivity contribution in [2.75, 3.05) is 13.2 Å². The van der Waals surface area contributed by atoms with Gasteiger partial charge in [0.05, 0.1) is 0 Å². The molecule has 33 heavy (non-hydrogen) atoms. The maximum Gasteiger partial charge on any atom is 0.261 e. The molecule has 1 N–H and O–H groups in total. The van der Waals surface area contributed by atoms with E-state index in [0.717, 1.165) is 12.8 Å². The normalized spacial score (nSPS) is 12.2. The Hall–Kier alpha value is -2.24. The number of benzene rings is 2. The molecular formula is C26H34Cl2N2O3. The van der Waals surface area contributed by atoms with E-state index >= 15 is 0 Å². The van der Waals surface area contributed by atoms with Crippen LogP contribution >= 0.6 is 23.2 Å². The average Bonchev–Trinajstić information content (AvgIpc) is 2.76. The Balaban J connectivity index is 2.17. The van der Waals surface area contributed by atoms with E-state index in [1.54, 1.807) is 25.1 Å². The summed E-state index contributed by atoms with van der Waals surface area (Å²) < 4.78 is 5.75. The first-order valence-electron chi connectivity index (χ1n) is 11.3. The van der Waals surface area contributed by atoms with Crippen LogP contribution in [-0.2, 0) is 21.5 Å². The zero-order chi connectivity index (χ0) is 24.6. The molecule has 2 aromatic rings. The first-order chi connectivity index (χ1) is 15.5. The molecule has 0 aliphatic carbocycles. The van der Waals surface area contributed by atoms with E-state index in [1.165, 1.54) is 10.5 Å². The van der Waals surface area contributed by atoms with Gasteiger partial charge < -0.3 is 15.0 Å². The van der Waals surface area contributed by atoms with Crippen LogP contribution in [0.15, 0.2) is 42.5 Å². The van der Waals surface area contributed by atoms with Crippen LogP contribution in [0, 0.1) is 0 Å². The van der Waals surface area contributed by atoms with Crippen molar-refractivity contribution in [3.63, 3.8) is 0 Å². The van der Waals surface area contributed by atoms with Gasteiger partial charge in [-0.15, -0.1) is 0 Å². The highest BCUT2D eigenvalue weighted by atomic mass is 35.5. The van der Waals surface area contributed by atoms with Gasteiger partial charge in [-0.25, -0.2) is 0 Å². The van der Waals surface area contributed by atoms with E-state index in [0.29, 0.717) is 27.9 Å². The lowest BCUT2D eigenvalue weighted by Crippen LogP contribution is -2.49. The lowest BCUT2D eigenvalue weighted by atomic mass is 9.87. The van der Waals surface area contributed by atoms with Crippen LogP contribution in [0.5, 0.6) is 5.75 Å². The summed E-state index contributed by atoms with van der Waals surface area (Å²) in [7, 11) is 0. The molecule has 180 valence electrons. The van der Waals surface area contributed by atoms with Gasteiger partial charge in [0.25, 0.3) is 5.91 Å². The molecule has 7 heteroatoms. The smallest absolute Gasteiger partial charge is 0.261 e. The Morgan fingerprint density at radius 3 is 2.21 bits per heavy atom. The number of ether oxygens (including phenoxy) is 1. The number of rotatable bonds is 10. The molecule has 0 fully saturated rings. The van der Waals surface area contributed by atoms with Gasteiger partial charge in [0.15, 0.2) is 6.61 Å². The average molecular weight is 493 g/mol. The molecule has 0 aliphatic rings. The molecule has 1 atom stereocenters. The minimum Gasteiger partial charge on any atom is -0.484 e. The molecule has 0 saturated heterocycles. The molecule has 0 bridgehead atoms. The predicted molar refractivity (Wildman–Crippen MR) is 135 cm³/mol. The number of carbonyl (C=O) groups is 2. The number of amides is 2. The predicted octanol–water partition coefficient (Wildman–Crippen LogP) is 6.00.